The molecule has 0 nitrogen and oxygen atoms in total. The lowest BCUT2D eigenvalue weighted by molar-refractivity contribution is 1.28. The number of hydrogen-bond donors (Lipinski definition) is 0. The van der Waals surface area contributed by atoms with E-state index >= 15 is 0 Å². The Hall–Kier alpha value is -2.12. The zero-order chi connectivity index (χ0) is 16.2. The van der Waals surface area contributed by atoms with E-state index in [2.05, 4.69) is 102 Å². The minimum atomic E-state index is 0.853. The molecule has 0 N–H and O–H groups in total. The molecule has 3 aromatic carbocycles. The van der Waals surface area contributed by atoms with Gasteiger partial charge in [0, 0.05) is 4.47 Å². The van der Waals surface area contributed by atoms with Crippen LogP contribution in [-0.2, 0) is 6.42 Å². The van der Waals surface area contributed by atoms with Gasteiger partial charge in [-0.1, -0.05) is 83.2 Å². The standard InChI is InChI=1S/C22H19Br/c1-16-7-3-5-9-21(16)22-10-6-4-8-19(22)15-17(2)18-11-13-20(23)14-12-18/h3-14H,2,15H2,1H3. The summed E-state index contributed by atoms with van der Waals surface area (Å²) < 4.78 is 1.09. The topological polar surface area (TPSA) is 0 Å². The Balaban J connectivity index is 1.94. The minimum Gasteiger partial charge on any atom is -0.0949 e. The third-order valence-corrected chi connectivity index (χ3v) is 4.64. The molecule has 0 fully saturated rings. The molecule has 0 atom stereocenters. The summed E-state index contributed by atoms with van der Waals surface area (Å²) in [5.41, 5.74) is 7.53. The first-order valence-corrected chi connectivity index (χ1v) is 8.52. The van der Waals surface area contributed by atoms with Gasteiger partial charge in [0.2, 0.25) is 0 Å². The highest BCUT2D eigenvalue weighted by Crippen LogP contribution is 2.30. The van der Waals surface area contributed by atoms with E-state index in [0.29, 0.717) is 0 Å². The Morgan fingerprint density at radius 3 is 2.13 bits per heavy atom. The monoisotopic (exact) mass is 362 g/mol. The van der Waals surface area contributed by atoms with Crippen molar-refractivity contribution in [2.24, 2.45) is 0 Å². The van der Waals surface area contributed by atoms with Gasteiger partial charge in [0.25, 0.3) is 0 Å². The summed E-state index contributed by atoms with van der Waals surface area (Å²) in [5, 5.41) is 0. The molecule has 0 radical (unpaired) electrons. The summed E-state index contributed by atoms with van der Waals surface area (Å²) in [6.45, 7) is 6.45. The van der Waals surface area contributed by atoms with Crippen LogP contribution in [0.4, 0.5) is 0 Å². The van der Waals surface area contributed by atoms with Gasteiger partial charge in [0.1, 0.15) is 0 Å². The van der Waals surface area contributed by atoms with E-state index in [0.717, 1.165) is 16.5 Å². The van der Waals surface area contributed by atoms with Crippen LogP contribution in [0.3, 0.4) is 0 Å². The smallest absolute Gasteiger partial charge is 0.0175 e. The number of hydrogen-bond acceptors (Lipinski definition) is 0. The summed E-state index contributed by atoms with van der Waals surface area (Å²) in [5.74, 6) is 0. The van der Waals surface area contributed by atoms with Crippen LogP contribution in [-0.4, -0.2) is 0 Å². The Morgan fingerprint density at radius 1 is 0.826 bits per heavy atom. The second kappa shape index (κ2) is 6.97. The Morgan fingerprint density at radius 2 is 1.43 bits per heavy atom. The molecule has 0 aliphatic rings. The largest absolute Gasteiger partial charge is 0.0949 e. The molecule has 0 saturated heterocycles. The predicted molar refractivity (Wildman–Crippen MR) is 103 cm³/mol. The molecule has 23 heavy (non-hydrogen) atoms. The van der Waals surface area contributed by atoms with Gasteiger partial charge in [-0.25, -0.2) is 0 Å². The van der Waals surface area contributed by atoms with Crippen LogP contribution in [0.15, 0.2) is 83.8 Å². The van der Waals surface area contributed by atoms with Crippen molar-refractivity contribution < 1.29 is 0 Å². The lowest BCUT2D eigenvalue weighted by atomic mass is 9.91. The lowest BCUT2D eigenvalue weighted by Gasteiger charge is -2.13. The number of allylic oxidation sites excluding steroid dienone is 1. The van der Waals surface area contributed by atoms with E-state index in [1.54, 1.807) is 0 Å². The van der Waals surface area contributed by atoms with E-state index in [9.17, 15) is 0 Å². The van der Waals surface area contributed by atoms with Crippen LogP contribution in [0.25, 0.3) is 16.7 Å². The molecule has 0 saturated carbocycles. The van der Waals surface area contributed by atoms with Crippen LogP contribution < -0.4 is 0 Å². The molecule has 0 bridgehead atoms. The maximum absolute atomic E-state index is 4.29. The maximum atomic E-state index is 4.29. The van der Waals surface area contributed by atoms with Crippen LogP contribution in [0.5, 0.6) is 0 Å². The van der Waals surface area contributed by atoms with Gasteiger partial charge in [0.15, 0.2) is 0 Å². The number of rotatable bonds is 4. The SMILES string of the molecule is C=C(Cc1ccccc1-c1ccccc1C)c1ccc(Br)cc1. The van der Waals surface area contributed by atoms with E-state index in [1.165, 1.54) is 27.8 Å². The first-order chi connectivity index (χ1) is 11.1. The summed E-state index contributed by atoms with van der Waals surface area (Å²) in [6.07, 6.45) is 0.853. The van der Waals surface area contributed by atoms with E-state index in [4.69, 9.17) is 0 Å². The highest BCUT2D eigenvalue weighted by molar-refractivity contribution is 9.10. The van der Waals surface area contributed by atoms with Crippen molar-refractivity contribution >= 4 is 21.5 Å². The van der Waals surface area contributed by atoms with E-state index in [-0.39, 0.29) is 0 Å². The van der Waals surface area contributed by atoms with Crippen LogP contribution >= 0.6 is 15.9 Å². The average Bonchev–Trinajstić information content (AvgIpc) is 2.56. The molecule has 0 unspecified atom stereocenters. The van der Waals surface area contributed by atoms with Crippen molar-refractivity contribution in [2.45, 2.75) is 13.3 Å². The number of aryl methyl sites for hydroxylation is 1. The van der Waals surface area contributed by atoms with Crippen molar-refractivity contribution in [1.29, 1.82) is 0 Å². The summed E-state index contributed by atoms with van der Waals surface area (Å²) in [6, 6.07) is 25.5. The van der Waals surface area contributed by atoms with Gasteiger partial charge in [-0.3, -0.25) is 0 Å². The molecule has 0 amide bonds. The Labute approximate surface area is 146 Å². The quantitative estimate of drug-likeness (QED) is 0.485. The fourth-order valence-electron chi connectivity index (χ4n) is 2.83. The van der Waals surface area contributed by atoms with Crippen molar-refractivity contribution in [3.05, 3.63) is 101 Å². The molecule has 0 aromatic heterocycles. The van der Waals surface area contributed by atoms with E-state index < -0.39 is 0 Å². The molecule has 114 valence electrons. The fraction of sp³-hybridized carbons (Fsp3) is 0.0909. The first-order valence-electron chi connectivity index (χ1n) is 7.73. The second-order valence-electron chi connectivity index (χ2n) is 5.76. The Kier molecular flexibility index (Phi) is 4.78. The zero-order valence-corrected chi connectivity index (χ0v) is 14.8. The molecular weight excluding hydrogens is 344 g/mol. The average molecular weight is 363 g/mol. The van der Waals surface area contributed by atoms with Gasteiger partial charge in [-0.05, 0) is 58.9 Å². The third-order valence-electron chi connectivity index (χ3n) is 4.11. The van der Waals surface area contributed by atoms with Gasteiger partial charge < -0.3 is 0 Å². The molecule has 0 aliphatic carbocycles. The van der Waals surface area contributed by atoms with Crippen molar-refractivity contribution in [2.75, 3.05) is 0 Å². The fourth-order valence-corrected chi connectivity index (χ4v) is 3.09. The van der Waals surface area contributed by atoms with Crippen LogP contribution in [0.1, 0.15) is 16.7 Å². The van der Waals surface area contributed by atoms with Crippen molar-refractivity contribution in [3.8, 4) is 11.1 Å². The lowest BCUT2D eigenvalue weighted by Crippen LogP contribution is -1.94. The highest BCUT2D eigenvalue weighted by Gasteiger charge is 2.09. The van der Waals surface area contributed by atoms with Gasteiger partial charge in [-0.2, -0.15) is 0 Å². The molecule has 1 heteroatoms. The first kappa shape index (κ1) is 15.8. The molecule has 0 aliphatic heterocycles. The summed E-state index contributed by atoms with van der Waals surface area (Å²) in [7, 11) is 0. The molecule has 0 heterocycles. The molecule has 0 spiro atoms. The minimum absolute atomic E-state index is 0.853. The summed E-state index contributed by atoms with van der Waals surface area (Å²) in [4.78, 5) is 0. The summed E-state index contributed by atoms with van der Waals surface area (Å²) >= 11 is 3.48. The van der Waals surface area contributed by atoms with Gasteiger partial charge in [-0.15, -0.1) is 0 Å². The van der Waals surface area contributed by atoms with E-state index in [1.807, 2.05) is 0 Å². The van der Waals surface area contributed by atoms with Crippen LogP contribution in [0.2, 0.25) is 0 Å². The molecular formula is C22H19Br. The van der Waals surface area contributed by atoms with Crippen molar-refractivity contribution in [1.82, 2.24) is 0 Å². The molecule has 3 rings (SSSR count). The third kappa shape index (κ3) is 3.62. The van der Waals surface area contributed by atoms with Gasteiger partial charge in [0.05, 0.1) is 0 Å². The highest BCUT2D eigenvalue weighted by atomic mass is 79.9. The van der Waals surface area contributed by atoms with Gasteiger partial charge >= 0.3 is 0 Å². The second-order valence-corrected chi connectivity index (χ2v) is 6.67. The maximum Gasteiger partial charge on any atom is 0.0175 e. The zero-order valence-electron chi connectivity index (χ0n) is 13.2. The normalized spacial score (nSPS) is 10.5. The Bertz CT molecular complexity index is 829. The predicted octanol–water partition coefficient (Wildman–Crippen LogP) is 6.68. The molecule has 3 aromatic rings. The van der Waals surface area contributed by atoms with Crippen molar-refractivity contribution in [3.63, 3.8) is 0 Å². The van der Waals surface area contributed by atoms with Crippen LogP contribution in [0, 0.1) is 6.92 Å². The number of halogens is 1. The number of benzene rings is 3.